The Morgan fingerprint density at radius 2 is 2.47 bits per heavy atom. The number of thiophene rings is 1. The molecule has 0 aliphatic heterocycles. The molecule has 84 valence electrons. The Balaban J connectivity index is 2.62. The third-order valence-electron chi connectivity index (χ3n) is 1.78. The lowest BCUT2D eigenvalue weighted by Crippen LogP contribution is -2.30. The van der Waals surface area contributed by atoms with Crippen LogP contribution in [0.3, 0.4) is 0 Å². The Kier molecular flexibility index (Phi) is 5.24. The quantitative estimate of drug-likeness (QED) is 0.786. The summed E-state index contributed by atoms with van der Waals surface area (Å²) < 4.78 is 5.78. The molecule has 4 nitrogen and oxygen atoms in total. The highest BCUT2D eigenvalue weighted by Gasteiger charge is 2.20. The van der Waals surface area contributed by atoms with E-state index in [0.29, 0.717) is 13.2 Å². The van der Waals surface area contributed by atoms with E-state index in [2.05, 4.69) is 21.2 Å². The molecule has 1 rings (SSSR count). The summed E-state index contributed by atoms with van der Waals surface area (Å²) in [7, 11) is 1.58. The maximum Gasteiger partial charge on any atom is 0.326 e. The van der Waals surface area contributed by atoms with Crippen molar-refractivity contribution in [1.29, 1.82) is 0 Å². The maximum absolute atomic E-state index is 11.0. The van der Waals surface area contributed by atoms with E-state index >= 15 is 0 Å². The summed E-state index contributed by atoms with van der Waals surface area (Å²) in [6.45, 7) is 1.01. The van der Waals surface area contributed by atoms with Crippen molar-refractivity contribution in [3.8, 4) is 0 Å². The molecule has 1 aromatic rings. The van der Waals surface area contributed by atoms with E-state index in [-0.39, 0.29) is 0 Å². The van der Waals surface area contributed by atoms with Crippen molar-refractivity contribution in [2.24, 2.45) is 0 Å². The average molecular weight is 294 g/mol. The fourth-order valence-electron chi connectivity index (χ4n) is 1.10. The summed E-state index contributed by atoms with van der Waals surface area (Å²) in [6.07, 6.45) is 0. The smallest absolute Gasteiger partial charge is 0.326 e. The molecule has 0 saturated carbocycles. The first-order chi connectivity index (χ1) is 7.15. The van der Waals surface area contributed by atoms with Crippen LogP contribution in [0.25, 0.3) is 0 Å². The van der Waals surface area contributed by atoms with Crippen molar-refractivity contribution in [2.75, 3.05) is 20.3 Å². The zero-order valence-corrected chi connectivity index (χ0v) is 10.6. The maximum atomic E-state index is 11.0. The van der Waals surface area contributed by atoms with Gasteiger partial charge in [-0.3, -0.25) is 10.1 Å². The van der Waals surface area contributed by atoms with Gasteiger partial charge in [0.1, 0.15) is 6.04 Å². The first-order valence-electron chi connectivity index (χ1n) is 4.35. The SMILES string of the molecule is COCCNC(C(=O)O)c1ccc(Br)s1. The van der Waals surface area contributed by atoms with E-state index < -0.39 is 12.0 Å². The molecule has 0 aliphatic rings. The monoisotopic (exact) mass is 293 g/mol. The summed E-state index contributed by atoms with van der Waals surface area (Å²) in [5.74, 6) is -0.875. The predicted octanol–water partition coefficient (Wildman–Crippen LogP) is 1.87. The number of carbonyl (C=O) groups is 1. The Bertz CT molecular complexity index is 329. The first-order valence-corrected chi connectivity index (χ1v) is 5.96. The van der Waals surface area contributed by atoms with Crippen LogP contribution < -0.4 is 5.32 Å². The summed E-state index contributed by atoms with van der Waals surface area (Å²) in [6, 6.07) is 2.98. The van der Waals surface area contributed by atoms with Crippen LogP contribution in [0, 0.1) is 0 Å². The van der Waals surface area contributed by atoms with Gasteiger partial charge in [-0.15, -0.1) is 11.3 Å². The van der Waals surface area contributed by atoms with Gasteiger partial charge in [-0.25, -0.2) is 0 Å². The van der Waals surface area contributed by atoms with E-state index in [0.717, 1.165) is 8.66 Å². The number of halogens is 1. The van der Waals surface area contributed by atoms with Crippen LogP contribution >= 0.6 is 27.3 Å². The second-order valence-corrected chi connectivity index (χ2v) is 5.35. The predicted molar refractivity (Wildman–Crippen MR) is 62.3 cm³/mol. The largest absolute Gasteiger partial charge is 0.480 e. The number of ether oxygens (including phenoxy) is 1. The highest BCUT2D eigenvalue weighted by molar-refractivity contribution is 9.11. The molecular formula is C9H12BrNO3S. The minimum Gasteiger partial charge on any atom is -0.480 e. The number of hydrogen-bond donors (Lipinski definition) is 2. The molecule has 1 aromatic heterocycles. The molecule has 0 bridgehead atoms. The van der Waals surface area contributed by atoms with Crippen molar-refractivity contribution in [3.05, 3.63) is 20.8 Å². The fourth-order valence-corrected chi connectivity index (χ4v) is 2.59. The molecule has 0 spiro atoms. The molecule has 2 N–H and O–H groups in total. The highest BCUT2D eigenvalue weighted by atomic mass is 79.9. The molecule has 1 unspecified atom stereocenters. The van der Waals surface area contributed by atoms with Gasteiger partial charge in [0.2, 0.25) is 0 Å². The number of nitrogens with one attached hydrogen (secondary N) is 1. The number of hydrogen-bond acceptors (Lipinski definition) is 4. The zero-order valence-electron chi connectivity index (χ0n) is 8.20. The molecule has 0 radical (unpaired) electrons. The van der Waals surface area contributed by atoms with Crippen molar-refractivity contribution < 1.29 is 14.6 Å². The normalized spacial score (nSPS) is 12.7. The van der Waals surface area contributed by atoms with Crippen molar-refractivity contribution >= 4 is 33.2 Å². The Morgan fingerprint density at radius 1 is 1.73 bits per heavy atom. The lowest BCUT2D eigenvalue weighted by atomic mass is 10.2. The van der Waals surface area contributed by atoms with Crippen molar-refractivity contribution in [2.45, 2.75) is 6.04 Å². The summed E-state index contributed by atoms with van der Waals surface area (Å²) in [5.41, 5.74) is 0. The van der Waals surface area contributed by atoms with Crippen LogP contribution in [0.1, 0.15) is 10.9 Å². The van der Waals surface area contributed by atoms with Gasteiger partial charge in [-0.05, 0) is 28.1 Å². The van der Waals surface area contributed by atoms with Gasteiger partial charge in [0.15, 0.2) is 0 Å². The first kappa shape index (κ1) is 12.6. The topological polar surface area (TPSA) is 58.6 Å². The molecule has 1 atom stereocenters. The number of carboxylic acids is 1. The number of aliphatic carboxylic acids is 1. The van der Waals surface area contributed by atoms with Gasteiger partial charge in [0.25, 0.3) is 0 Å². The number of methoxy groups -OCH3 is 1. The molecule has 0 aliphatic carbocycles. The number of rotatable bonds is 6. The van der Waals surface area contributed by atoms with Crippen LogP contribution in [0.2, 0.25) is 0 Å². The van der Waals surface area contributed by atoms with Crippen LogP contribution in [0.5, 0.6) is 0 Å². The fraction of sp³-hybridized carbons (Fsp3) is 0.444. The third-order valence-corrected chi connectivity index (χ3v) is 3.47. The molecular weight excluding hydrogens is 282 g/mol. The minimum atomic E-state index is -0.875. The van der Waals surface area contributed by atoms with E-state index in [1.807, 2.05) is 6.07 Å². The average Bonchev–Trinajstić information content (AvgIpc) is 2.59. The minimum absolute atomic E-state index is 0.496. The lowest BCUT2D eigenvalue weighted by molar-refractivity contribution is -0.139. The standard InChI is InChI=1S/C9H12BrNO3S/c1-14-5-4-11-8(9(12)13)6-2-3-7(10)15-6/h2-3,8,11H,4-5H2,1H3,(H,12,13). The van der Waals surface area contributed by atoms with Gasteiger partial charge < -0.3 is 9.84 Å². The van der Waals surface area contributed by atoms with E-state index in [1.54, 1.807) is 13.2 Å². The van der Waals surface area contributed by atoms with Crippen LogP contribution in [0.4, 0.5) is 0 Å². The molecule has 1 heterocycles. The summed E-state index contributed by atoms with van der Waals surface area (Å²) in [5, 5.41) is 11.9. The summed E-state index contributed by atoms with van der Waals surface area (Å²) in [4.78, 5) is 11.8. The Labute approximate surface area is 100 Å². The van der Waals surface area contributed by atoms with Crippen LogP contribution in [0.15, 0.2) is 15.9 Å². The molecule has 0 saturated heterocycles. The summed E-state index contributed by atoms with van der Waals surface area (Å²) >= 11 is 4.72. The zero-order chi connectivity index (χ0) is 11.3. The molecule has 15 heavy (non-hydrogen) atoms. The Morgan fingerprint density at radius 3 is 2.93 bits per heavy atom. The van der Waals surface area contributed by atoms with Crippen LogP contribution in [-0.4, -0.2) is 31.3 Å². The second-order valence-electron chi connectivity index (χ2n) is 2.86. The third kappa shape index (κ3) is 3.90. The molecule has 6 heteroatoms. The number of carboxylic acid groups (broad SMARTS) is 1. The van der Waals surface area contributed by atoms with Gasteiger partial charge in [-0.2, -0.15) is 0 Å². The van der Waals surface area contributed by atoms with Crippen molar-refractivity contribution in [3.63, 3.8) is 0 Å². The lowest BCUT2D eigenvalue weighted by Gasteiger charge is -2.11. The van der Waals surface area contributed by atoms with Gasteiger partial charge in [0.05, 0.1) is 10.4 Å². The van der Waals surface area contributed by atoms with Crippen LogP contribution in [-0.2, 0) is 9.53 Å². The van der Waals surface area contributed by atoms with E-state index in [4.69, 9.17) is 9.84 Å². The van der Waals surface area contributed by atoms with Gasteiger partial charge in [-0.1, -0.05) is 0 Å². The van der Waals surface area contributed by atoms with Crippen molar-refractivity contribution in [1.82, 2.24) is 5.32 Å². The highest BCUT2D eigenvalue weighted by Crippen LogP contribution is 2.27. The van der Waals surface area contributed by atoms with E-state index in [1.165, 1.54) is 11.3 Å². The molecule has 0 fully saturated rings. The molecule has 0 amide bonds. The van der Waals surface area contributed by atoms with Gasteiger partial charge in [0, 0.05) is 18.5 Å². The van der Waals surface area contributed by atoms with E-state index in [9.17, 15) is 4.79 Å². The Hall–Kier alpha value is -0.430. The molecule has 0 aromatic carbocycles. The second kappa shape index (κ2) is 6.22. The van der Waals surface area contributed by atoms with Gasteiger partial charge >= 0.3 is 5.97 Å².